The number of nitro groups is 1. The summed E-state index contributed by atoms with van der Waals surface area (Å²) in [6, 6.07) is 18.6. The van der Waals surface area contributed by atoms with E-state index >= 15 is 0 Å². The summed E-state index contributed by atoms with van der Waals surface area (Å²) in [4.78, 5) is 26.9. The van der Waals surface area contributed by atoms with Crippen molar-refractivity contribution in [2.24, 2.45) is 0 Å². The molecule has 1 atom stereocenters. The van der Waals surface area contributed by atoms with E-state index in [0.29, 0.717) is 10.3 Å². The molecule has 1 N–H and O–H groups in total. The molecule has 0 spiro atoms. The van der Waals surface area contributed by atoms with E-state index in [1.54, 1.807) is 24.3 Å². The number of aromatic nitrogens is 2. The first-order valence-electron chi connectivity index (χ1n) is 9.06. The maximum Gasteiger partial charge on any atom is 0.269 e. The molecule has 4 rings (SSSR count). The Morgan fingerprint density at radius 2 is 1.86 bits per heavy atom. The number of Topliss-reactive ketones (excluding diaryl/α,β-unsaturated/α-hetero) is 1. The fraction of sp³-hybridized carbons (Fsp3) is 0.0909. The number of rotatable bonds is 6. The molecule has 0 bridgehead atoms. The molecule has 0 amide bonds. The van der Waals surface area contributed by atoms with E-state index < -0.39 is 10.8 Å². The van der Waals surface area contributed by atoms with Gasteiger partial charge in [-0.2, -0.15) is 4.73 Å². The lowest BCUT2D eigenvalue weighted by atomic mass is 9.86. The summed E-state index contributed by atoms with van der Waals surface area (Å²) in [6.07, 6.45) is 3.11. The number of nitrogens with zero attached hydrogens (tertiary/aromatic N) is 2. The van der Waals surface area contributed by atoms with Gasteiger partial charge in [0.1, 0.15) is 0 Å². The maximum absolute atomic E-state index is 12.9. The van der Waals surface area contributed by atoms with Crippen LogP contribution in [0.2, 0.25) is 0 Å². The van der Waals surface area contributed by atoms with Gasteiger partial charge in [-0.3, -0.25) is 14.9 Å². The van der Waals surface area contributed by atoms with Crippen LogP contribution in [0.1, 0.15) is 34.0 Å². The van der Waals surface area contributed by atoms with Crippen molar-refractivity contribution >= 4 is 22.4 Å². The lowest BCUT2D eigenvalue weighted by Gasteiger charge is -2.16. The molecular formula is C22H17N3O4. The average Bonchev–Trinajstić information content (AvgIpc) is 3.16. The van der Waals surface area contributed by atoms with Gasteiger partial charge in [-0.15, -0.1) is 0 Å². The van der Waals surface area contributed by atoms with E-state index in [-0.39, 0.29) is 23.6 Å². The van der Waals surface area contributed by atoms with Crippen LogP contribution in [0.5, 0.6) is 0 Å². The van der Waals surface area contributed by atoms with Gasteiger partial charge in [0.2, 0.25) is 5.78 Å². The van der Waals surface area contributed by atoms with Gasteiger partial charge in [0.05, 0.1) is 4.92 Å². The third-order valence-electron chi connectivity index (χ3n) is 4.98. The standard InChI is InChI=1S/C22H17N3O4/c26-22(21-10-3-4-11-24(21)27)13-18(15-6-5-7-16(12-15)25(28)29)19-14-23-20-9-2-1-8-17(19)20/h1-12,14,18,23H,13H2/t18-/m1/s1. The second-order valence-corrected chi connectivity index (χ2v) is 6.73. The van der Waals surface area contributed by atoms with Crippen LogP contribution in [0.15, 0.2) is 79.1 Å². The highest BCUT2D eigenvalue weighted by Crippen LogP contribution is 2.35. The van der Waals surface area contributed by atoms with E-state index in [1.165, 1.54) is 24.4 Å². The van der Waals surface area contributed by atoms with Gasteiger partial charge in [-0.1, -0.05) is 30.3 Å². The number of nitrogens with one attached hydrogen (secondary N) is 1. The Kier molecular flexibility index (Phi) is 4.78. The number of fused-ring (bicyclic) bond motifs is 1. The van der Waals surface area contributed by atoms with E-state index in [2.05, 4.69) is 4.98 Å². The lowest BCUT2D eigenvalue weighted by Crippen LogP contribution is -2.34. The van der Waals surface area contributed by atoms with Crippen LogP contribution in [-0.2, 0) is 0 Å². The van der Waals surface area contributed by atoms with Gasteiger partial charge in [0.15, 0.2) is 6.20 Å². The molecule has 0 fully saturated rings. The molecule has 2 aromatic heterocycles. The molecule has 2 aromatic carbocycles. The Morgan fingerprint density at radius 1 is 1.07 bits per heavy atom. The topological polar surface area (TPSA) is 103 Å². The van der Waals surface area contributed by atoms with Crippen LogP contribution in [0.25, 0.3) is 10.9 Å². The molecule has 2 heterocycles. The zero-order valence-electron chi connectivity index (χ0n) is 15.3. The number of hydrogen-bond donors (Lipinski definition) is 1. The minimum atomic E-state index is -0.458. The molecule has 0 unspecified atom stereocenters. The summed E-state index contributed by atoms with van der Waals surface area (Å²) < 4.78 is 0.544. The van der Waals surface area contributed by atoms with Crippen molar-refractivity contribution in [3.63, 3.8) is 0 Å². The number of para-hydroxylation sites is 1. The molecule has 0 aliphatic rings. The number of carbonyl (C=O) groups excluding carboxylic acids is 1. The van der Waals surface area contributed by atoms with Crippen molar-refractivity contribution in [1.82, 2.24) is 4.98 Å². The summed E-state index contributed by atoms with van der Waals surface area (Å²) in [5, 5.41) is 24.2. The first-order valence-corrected chi connectivity index (χ1v) is 9.06. The van der Waals surface area contributed by atoms with E-state index in [9.17, 15) is 20.1 Å². The van der Waals surface area contributed by atoms with Crippen molar-refractivity contribution < 1.29 is 14.4 Å². The van der Waals surface area contributed by atoms with Gasteiger partial charge in [0.25, 0.3) is 11.4 Å². The quantitative estimate of drug-likeness (QED) is 0.177. The Labute approximate surface area is 166 Å². The molecule has 0 aliphatic carbocycles. The second kappa shape index (κ2) is 7.55. The molecule has 0 saturated heterocycles. The zero-order valence-corrected chi connectivity index (χ0v) is 15.3. The number of H-pyrrole nitrogens is 1. The molecule has 0 saturated carbocycles. The highest BCUT2D eigenvalue weighted by molar-refractivity contribution is 5.94. The normalized spacial score (nSPS) is 12.0. The van der Waals surface area contributed by atoms with Gasteiger partial charge in [0, 0.05) is 53.7 Å². The third-order valence-corrected chi connectivity index (χ3v) is 4.98. The predicted octanol–water partition coefficient (Wildman–Crippen LogP) is 4.11. The SMILES string of the molecule is O=C(C[C@H](c1cccc([N+](=O)[O-])c1)c1c[nH]c2ccccc12)c1cccc[n+]1[O-]. The number of pyridine rings is 1. The van der Waals surface area contributed by atoms with E-state index in [1.807, 2.05) is 30.5 Å². The predicted molar refractivity (Wildman–Crippen MR) is 108 cm³/mol. The minimum absolute atomic E-state index is 0.00920. The molecule has 7 heteroatoms. The number of nitro benzene ring substituents is 1. The van der Waals surface area contributed by atoms with Gasteiger partial charge in [-0.05, 0) is 23.3 Å². The van der Waals surface area contributed by atoms with Gasteiger partial charge < -0.3 is 10.2 Å². The molecule has 7 nitrogen and oxygen atoms in total. The lowest BCUT2D eigenvalue weighted by molar-refractivity contribution is -0.607. The van der Waals surface area contributed by atoms with Crippen molar-refractivity contribution in [1.29, 1.82) is 0 Å². The van der Waals surface area contributed by atoms with Gasteiger partial charge in [-0.25, -0.2) is 0 Å². The molecule has 29 heavy (non-hydrogen) atoms. The summed E-state index contributed by atoms with van der Waals surface area (Å²) in [6.45, 7) is 0. The van der Waals surface area contributed by atoms with Crippen LogP contribution in [0, 0.1) is 15.3 Å². The Morgan fingerprint density at radius 3 is 2.66 bits per heavy atom. The van der Waals surface area contributed by atoms with Crippen LogP contribution in [-0.4, -0.2) is 15.7 Å². The highest BCUT2D eigenvalue weighted by atomic mass is 16.6. The van der Waals surface area contributed by atoms with Gasteiger partial charge >= 0.3 is 0 Å². The van der Waals surface area contributed by atoms with Crippen molar-refractivity contribution in [3.8, 4) is 0 Å². The summed E-state index contributed by atoms with van der Waals surface area (Å²) in [7, 11) is 0. The number of non-ortho nitro benzene ring substituents is 1. The van der Waals surface area contributed by atoms with Crippen molar-refractivity contribution in [3.05, 3.63) is 111 Å². The summed E-state index contributed by atoms with van der Waals surface area (Å²) in [5.74, 6) is -0.777. The highest BCUT2D eigenvalue weighted by Gasteiger charge is 2.26. The van der Waals surface area contributed by atoms with Crippen LogP contribution < -0.4 is 4.73 Å². The fourth-order valence-electron chi connectivity index (χ4n) is 3.58. The molecule has 0 aliphatic heterocycles. The molecular weight excluding hydrogens is 370 g/mol. The maximum atomic E-state index is 12.9. The molecule has 0 radical (unpaired) electrons. The van der Waals surface area contributed by atoms with Crippen molar-refractivity contribution in [2.45, 2.75) is 12.3 Å². The van der Waals surface area contributed by atoms with Crippen LogP contribution in [0.4, 0.5) is 5.69 Å². The third kappa shape index (κ3) is 3.58. The monoisotopic (exact) mass is 387 g/mol. The van der Waals surface area contributed by atoms with E-state index in [0.717, 1.165) is 16.5 Å². The number of benzene rings is 2. The zero-order chi connectivity index (χ0) is 20.4. The summed E-state index contributed by atoms with van der Waals surface area (Å²) >= 11 is 0. The average molecular weight is 387 g/mol. The summed E-state index contributed by atoms with van der Waals surface area (Å²) in [5.41, 5.74) is 2.40. The largest absolute Gasteiger partial charge is 0.618 e. The number of hydrogen-bond acceptors (Lipinski definition) is 4. The number of aromatic amines is 1. The smallest absolute Gasteiger partial charge is 0.269 e. The minimum Gasteiger partial charge on any atom is -0.618 e. The fourth-order valence-corrected chi connectivity index (χ4v) is 3.58. The molecule has 144 valence electrons. The Bertz CT molecular complexity index is 1220. The Balaban J connectivity index is 1.81. The second-order valence-electron chi connectivity index (χ2n) is 6.73. The van der Waals surface area contributed by atoms with Crippen LogP contribution in [0.3, 0.4) is 0 Å². The van der Waals surface area contributed by atoms with Crippen LogP contribution >= 0.6 is 0 Å². The van der Waals surface area contributed by atoms with Crippen molar-refractivity contribution in [2.75, 3.05) is 0 Å². The molecule has 4 aromatic rings. The number of carbonyl (C=O) groups is 1. The number of ketones is 1. The van der Waals surface area contributed by atoms with E-state index in [4.69, 9.17) is 0 Å². The first kappa shape index (κ1) is 18.4. The first-order chi connectivity index (χ1) is 14.0. The Hall–Kier alpha value is -4.00.